The molecule has 0 amide bonds. The Bertz CT molecular complexity index is 503. The van der Waals surface area contributed by atoms with Gasteiger partial charge in [-0.2, -0.15) is 0 Å². The van der Waals surface area contributed by atoms with Gasteiger partial charge in [-0.1, -0.05) is 60.7 Å². The lowest BCUT2D eigenvalue weighted by Crippen LogP contribution is -2.27. The van der Waals surface area contributed by atoms with E-state index in [0.717, 1.165) is 0 Å². The van der Waals surface area contributed by atoms with E-state index in [1.807, 2.05) is 0 Å². The van der Waals surface area contributed by atoms with Gasteiger partial charge in [0.25, 0.3) is 0 Å². The fourth-order valence-corrected chi connectivity index (χ4v) is 4.08. The highest BCUT2D eigenvalue weighted by Crippen LogP contribution is 2.46. The first-order valence-electron chi connectivity index (χ1n) is 7.16. The van der Waals surface area contributed by atoms with Crippen molar-refractivity contribution < 1.29 is 0 Å². The van der Waals surface area contributed by atoms with Crippen LogP contribution in [0.4, 0.5) is 0 Å². The average molecular weight is 286 g/mol. The molecule has 2 aromatic carbocycles. The first-order chi connectivity index (χ1) is 9.70. The second-order valence-corrected chi connectivity index (χ2v) is 6.15. The van der Waals surface area contributed by atoms with Crippen molar-refractivity contribution in [3.63, 3.8) is 0 Å². The SMILES string of the molecule is C[C@H]1[C@H](c2ccccc2)[C@@H](Cl)[C@H](c2ccccc2)N1C. The summed E-state index contributed by atoms with van der Waals surface area (Å²) < 4.78 is 0. The van der Waals surface area contributed by atoms with E-state index in [9.17, 15) is 0 Å². The Balaban J connectivity index is 1.96. The van der Waals surface area contributed by atoms with Gasteiger partial charge in [-0.15, -0.1) is 11.6 Å². The quantitative estimate of drug-likeness (QED) is 0.737. The Morgan fingerprint density at radius 3 is 1.90 bits per heavy atom. The third kappa shape index (κ3) is 2.25. The molecule has 0 radical (unpaired) electrons. The van der Waals surface area contributed by atoms with Crippen LogP contribution in [0, 0.1) is 0 Å². The Morgan fingerprint density at radius 2 is 1.35 bits per heavy atom. The highest BCUT2D eigenvalue weighted by molar-refractivity contribution is 6.22. The van der Waals surface area contributed by atoms with Crippen molar-refractivity contribution >= 4 is 11.6 Å². The van der Waals surface area contributed by atoms with Crippen LogP contribution in [-0.2, 0) is 0 Å². The number of benzene rings is 2. The number of nitrogens with zero attached hydrogens (tertiary/aromatic N) is 1. The Hall–Kier alpha value is -1.31. The molecule has 4 atom stereocenters. The molecule has 0 saturated carbocycles. The van der Waals surface area contributed by atoms with Crippen LogP contribution in [0.1, 0.15) is 30.0 Å². The molecule has 0 aliphatic carbocycles. The number of hydrogen-bond donors (Lipinski definition) is 0. The summed E-state index contributed by atoms with van der Waals surface area (Å²) in [5.41, 5.74) is 2.64. The second-order valence-electron chi connectivity index (χ2n) is 5.64. The summed E-state index contributed by atoms with van der Waals surface area (Å²) in [4.78, 5) is 2.41. The standard InChI is InChI=1S/C18H20ClN/c1-13-16(14-9-5-3-6-10-14)17(19)18(20(13)2)15-11-7-4-8-12-15/h3-13,16-18H,1-2H3/t13-,16+,17+,18-/m0/s1. The van der Waals surface area contributed by atoms with Crippen LogP contribution in [0.3, 0.4) is 0 Å². The summed E-state index contributed by atoms with van der Waals surface area (Å²) in [6.07, 6.45) is 0. The molecule has 1 fully saturated rings. The molecular weight excluding hydrogens is 266 g/mol. The lowest BCUT2D eigenvalue weighted by molar-refractivity contribution is 0.252. The van der Waals surface area contributed by atoms with Crippen molar-refractivity contribution in [2.45, 2.75) is 30.3 Å². The smallest absolute Gasteiger partial charge is 0.0616 e. The first-order valence-corrected chi connectivity index (χ1v) is 7.59. The molecule has 20 heavy (non-hydrogen) atoms. The van der Waals surface area contributed by atoms with Crippen molar-refractivity contribution in [1.82, 2.24) is 4.90 Å². The maximum atomic E-state index is 6.86. The van der Waals surface area contributed by atoms with Crippen molar-refractivity contribution in [2.75, 3.05) is 7.05 Å². The van der Waals surface area contributed by atoms with Crippen molar-refractivity contribution in [3.8, 4) is 0 Å². The van der Waals surface area contributed by atoms with Gasteiger partial charge in [0.2, 0.25) is 0 Å². The molecule has 0 N–H and O–H groups in total. The third-order valence-corrected chi connectivity index (χ3v) is 5.08. The lowest BCUT2D eigenvalue weighted by atomic mass is 9.90. The molecule has 1 saturated heterocycles. The van der Waals surface area contributed by atoms with Crippen molar-refractivity contribution in [1.29, 1.82) is 0 Å². The summed E-state index contributed by atoms with van der Waals surface area (Å²) in [7, 11) is 2.18. The zero-order valence-corrected chi connectivity index (χ0v) is 12.7. The highest BCUT2D eigenvalue weighted by Gasteiger charge is 2.45. The molecule has 1 nitrogen and oxygen atoms in total. The van der Waals surface area contributed by atoms with Crippen LogP contribution in [0.25, 0.3) is 0 Å². The first kappa shape index (κ1) is 13.7. The molecule has 0 unspecified atom stereocenters. The van der Waals surface area contributed by atoms with Crippen LogP contribution in [0.5, 0.6) is 0 Å². The number of hydrogen-bond acceptors (Lipinski definition) is 1. The minimum Gasteiger partial charge on any atom is -0.295 e. The van der Waals surface area contributed by atoms with Crippen LogP contribution >= 0.6 is 11.6 Å². The molecule has 2 heteroatoms. The molecule has 1 heterocycles. The van der Waals surface area contributed by atoms with E-state index in [2.05, 4.69) is 79.5 Å². The van der Waals surface area contributed by atoms with Crippen LogP contribution in [0.2, 0.25) is 0 Å². The molecule has 2 aromatic rings. The number of rotatable bonds is 2. The van der Waals surface area contributed by atoms with Gasteiger partial charge in [0, 0.05) is 12.0 Å². The highest BCUT2D eigenvalue weighted by atomic mass is 35.5. The van der Waals surface area contributed by atoms with Gasteiger partial charge in [0.1, 0.15) is 0 Å². The molecule has 0 spiro atoms. The predicted octanol–water partition coefficient (Wildman–Crippen LogP) is 4.45. The molecule has 104 valence electrons. The predicted molar refractivity (Wildman–Crippen MR) is 85.2 cm³/mol. The fraction of sp³-hybridized carbons (Fsp3) is 0.333. The van der Waals surface area contributed by atoms with E-state index in [-0.39, 0.29) is 11.4 Å². The zero-order chi connectivity index (χ0) is 14.1. The number of halogens is 1. The van der Waals surface area contributed by atoms with E-state index in [0.29, 0.717) is 12.0 Å². The second kappa shape index (κ2) is 5.59. The number of alkyl halides is 1. The van der Waals surface area contributed by atoms with Crippen LogP contribution < -0.4 is 0 Å². The summed E-state index contributed by atoms with van der Waals surface area (Å²) in [6.45, 7) is 2.27. The number of likely N-dealkylation sites (tertiary alicyclic amines) is 1. The summed E-state index contributed by atoms with van der Waals surface area (Å²) in [5.74, 6) is 0.369. The van der Waals surface area contributed by atoms with Crippen molar-refractivity contribution in [2.24, 2.45) is 0 Å². The van der Waals surface area contributed by atoms with Gasteiger partial charge in [-0.05, 0) is 25.1 Å². The average Bonchev–Trinajstić information content (AvgIpc) is 2.71. The number of likely N-dealkylation sites (N-methyl/N-ethyl adjacent to an activating group) is 1. The Morgan fingerprint density at radius 1 is 0.850 bits per heavy atom. The molecule has 1 aliphatic rings. The maximum absolute atomic E-state index is 6.86. The van der Waals surface area contributed by atoms with Gasteiger partial charge in [0.05, 0.1) is 11.4 Å². The summed E-state index contributed by atoms with van der Waals surface area (Å²) in [5, 5.41) is 0.0970. The van der Waals surface area contributed by atoms with E-state index in [4.69, 9.17) is 11.6 Å². The fourth-order valence-electron chi connectivity index (χ4n) is 3.40. The zero-order valence-electron chi connectivity index (χ0n) is 11.9. The van der Waals surface area contributed by atoms with E-state index < -0.39 is 0 Å². The van der Waals surface area contributed by atoms with Crippen LogP contribution in [-0.4, -0.2) is 23.4 Å². The topological polar surface area (TPSA) is 3.24 Å². The van der Waals surface area contributed by atoms with Gasteiger partial charge >= 0.3 is 0 Å². The van der Waals surface area contributed by atoms with Gasteiger partial charge < -0.3 is 0 Å². The summed E-state index contributed by atoms with van der Waals surface area (Å²) >= 11 is 6.86. The van der Waals surface area contributed by atoms with Gasteiger partial charge in [-0.25, -0.2) is 0 Å². The molecule has 0 aromatic heterocycles. The largest absolute Gasteiger partial charge is 0.295 e. The van der Waals surface area contributed by atoms with E-state index in [1.54, 1.807) is 0 Å². The van der Waals surface area contributed by atoms with Gasteiger partial charge in [-0.3, -0.25) is 4.90 Å². The van der Waals surface area contributed by atoms with E-state index >= 15 is 0 Å². The van der Waals surface area contributed by atoms with Crippen LogP contribution in [0.15, 0.2) is 60.7 Å². The van der Waals surface area contributed by atoms with E-state index in [1.165, 1.54) is 11.1 Å². The monoisotopic (exact) mass is 285 g/mol. The maximum Gasteiger partial charge on any atom is 0.0616 e. The Kier molecular flexibility index (Phi) is 3.82. The van der Waals surface area contributed by atoms with Gasteiger partial charge in [0.15, 0.2) is 0 Å². The molecule has 0 bridgehead atoms. The third-order valence-electron chi connectivity index (χ3n) is 4.57. The Labute approximate surface area is 126 Å². The molecular formula is C18H20ClN. The molecule has 1 aliphatic heterocycles. The van der Waals surface area contributed by atoms with Crippen molar-refractivity contribution in [3.05, 3.63) is 71.8 Å². The normalized spacial score (nSPS) is 30.6. The molecule has 3 rings (SSSR count). The minimum atomic E-state index is 0.0970. The lowest BCUT2D eigenvalue weighted by Gasteiger charge is -2.24. The summed E-state index contributed by atoms with van der Waals surface area (Å²) in [6, 6.07) is 21.9. The minimum absolute atomic E-state index is 0.0970.